The van der Waals surface area contributed by atoms with Crippen LogP contribution in [0.15, 0.2) is 40.9 Å². The maximum Gasteiger partial charge on any atom is 0.195 e. The highest BCUT2D eigenvalue weighted by molar-refractivity contribution is 9.10. The number of ketones is 1. The van der Waals surface area contributed by atoms with Crippen LogP contribution in [0.1, 0.15) is 41.0 Å². The number of benzene rings is 2. The highest BCUT2D eigenvalue weighted by atomic mass is 79.9. The van der Waals surface area contributed by atoms with E-state index in [1.807, 2.05) is 18.2 Å². The van der Waals surface area contributed by atoms with E-state index in [2.05, 4.69) is 34.8 Å². The van der Waals surface area contributed by atoms with E-state index in [4.69, 9.17) is 9.84 Å². The van der Waals surface area contributed by atoms with E-state index >= 15 is 0 Å². The lowest BCUT2D eigenvalue weighted by Crippen LogP contribution is -2.34. The third kappa shape index (κ3) is 3.28. The number of carbonyl (C=O) groups is 1. The molecule has 0 radical (unpaired) electrons. The number of aliphatic hydroxyl groups is 3. The number of aromatic nitrogens is 1. The molecule has 4 rings (SSSR count). The van der Waals surface area contributed by atoms with Crippen LogP contribution in [-0.4, -0.2) is 51.5 Å². The van der Waals surface area contributed by atoms with Gasteiger partial charge in [0.15, 0.2) is 5.78 Å². The number of aromatic amines is 1. The van der Waals surface area contributed by atoms with Crippen molar-refractivity contribution in [3.8, 4) is 5.75 Å². The standard InChI is InChI=1S/C22H22BrNO5/c1-22(2)15-8-12(29-10-18(27)17(26)9-25)4-6-13(15)20(28)19-14-5-3-11(23)7-16(14)24-21(19)22/h3-8,17-18,24-27H,9-10H2,1-2H3/t17-,18-/m1/s1. The van der Waals surface area contributed by atoms with Gasteiger partial charge in [-0.1, -0.05) is 35.8 Å². The van der Waals surface area contributed by atoms with Crippen LogP contribution in [0.3, 0.4) is 0 Å². The van der Waals surface area contributed by atoms with Crippen molar-refractivity contribution in [2.24, 2.45) is 0 Å². The van der Waals surface area contributed by atoms with Crippen LogP contribution in [0.25, 0.3) is 10.9 Å². The van der Waals surface area contributed by atoms with Crippen LogP contribution in [-0.2, 0) is 5.41 Å². The molecule has 1 aliphatic carbocycles. The SMILES string of the molecule is CC1(C)c2cc(OC[C@@H](O)[C@H](O)CO)ccc2C(=O)c2c1[nH]c1cc(Br)ccc21. The minimum absolute atomic E-state index is 0.0369. The summed E-state index contributed by atoms with van der Waals surface area (Å²) in [4.78, 5) is 16.7. The smallest absolute Gasteiger partial charge is 0.195 e. The summed E-state index contributed by atoms with van der Waals surface area (Å²) in [5, 5.41) is 29.1. The Morgan fingerprint density at radius 3 is 2.62 bits per heavy atom. The van der Waals surface area contributed by atoms with E-state index in [1.54, 1.807) is 18.2 Å². The van der Waals surface area contributed by atoms with Crippen LogP contribution >= 0.6 is 15.9 Å². The first kappa shape index (κ1) is 20.1. The third-order valence-electron chi connectivity index (χ3n) is 5.57. The van der Waals surface area contributed by atoms with Crippen molar-refractivity contribution in [1.82, 2.24) is 4.98 Å². The molecule has 0 bridgehead atoms. The molecule has 0 aliphatic heterocycles. The third-order valence-corrected chi connectivity index (χ3v) is 6.07. The van der Waals surface area contributed by atoms with Gasteiger partial charge in [0.2, 0.25) is 0 Å². The maximum atomic E-state index is 13.3. The van der Waals surface area contributed by atoms with E-state index in [9.17, 15) is 15.0 Å². The van der Waals surface area contributed by atoms with Gasteiger partial charge in [0, 0.05) is 32.0 Å². The molecule has 7 heteroatoms. The van der Waals surface area contributed by atoms with Gasteiger partial charge >= 0.3 is 0 Å². The summed E-state index contributed by atoms with van der Waals surface area (Å²) in [5.41, 5.74) is 3.43. The predicted molar refractivity (Wildman–Crippen MR) is 113 cm³/mol. The summed E-state index contributed by atoms with van der Waals surface area (Å²) in [6.45, 7) is 3.39. The van der Waals surface area contributed by atoms with Crippen LogP contribution < -0.4 is 4.74 Å². The Bertz CT molecular complexity index is 1100. The molecule has 1 heterocycles. The molecule has 0 saturated heterocycles. The minimum atomic E-state index is -1.26. The highest BCUT2D eigenvalue weighted by Gasteiger charge is 2.39. The largest absolute Gasteiger partial charge is 0.491 e. The molecule has 0 spiro atoms. The maximum absolute atomic E-state index is 13.3. The number of H-pyrrole nitrogens is 1. The normalized spacial score (nSPS) is 17.0. The Morgan fingerprint density at radius 2 is 1.90 bits per heavy atom. The van der Waals surface area contributed by atoms with Crippen LogP contribution in [0, 0.1) is 0 Å². The van der Waals surface area contributed by atoms with Gasteiger partial charge in [-0.05, 0) is 35.9 Å². The number of aliphatic hydroxyl groups excluding tert-OH is 3. The number of halogens is 1. The number of hydrogen-bond donors (Lipinski definition) is 4. The van der Waals surface area contributed by atoms with E-state index in [-0.39, 0.29) is 12.4 Å². The lowest BCUT2D eigenvalue weighted by molar-refractivity contribution is -0.0339. The first-order chi connectivity index (χ1) is 13.7. The Kier molecular flexibility index (Phi) is 5.02. The molecular formula is C22H22BrNO5. The second kappa shape index (κ2) is 7.25. The van der Waals surface area contributed by atoms with Crippen LogP contribution in [0.2, 0.25) is 0 Å². The van der Waals surface area contributed by atoms with Gasteiger partial charge in [-0.3, -0.25) is 4.79 Å². The van der Waals surface area contributed by atoms with Crippen molar-refractivity contribution in [3.05, 3.63) is 63.3 Å². The zero-order valence-corrected chi connectivity index (χ0v) is 17.7. The number of carbonyl (C=O) groups excluding carboxylic acids is 1. The quantitative estimate of drug-likeness (QED) is 0.469. The average Bonchev–Trinajstić information content (AvgIpc) is 3.09. The van der Waals surface area contributed by atoms with Gasteiger partial charge in [-0.15, -0.1) is 0 Å². The fourth-order valence-corrected chi connectivity index (χ4v) is 4.25. The Labute approximate surface area is 176 Å². The van der Waals surface area contributed by atoms with Gasteiger partial charge in [-0.25, -0.2) is 0 Å². The molecule has 1 aliphatic rings. The molecule has 0 saturated carbocycles. The summed E-state index contributed by atoms with van der Waals surface area (Å²) in [7, 11) is 0. The zero-order chi connectivity index (χ0) is 20.9. The molecule has 0 unspecified atom stereocenters. The molecule has 1 aromatic heterocycles. The highest BCUT2D eigenvalue weighted by Crippen LogP contribution is 2.44. The van der Waals surface area contributed by atoms with E-state index in [0.717, 1.165) is 26.6 Å². The first-order valence-electron chi connectivity index (χ1n) is 9.34. The van der Waals surface area contributed by atoms with Gasteiger partial charge in [-0.2, -0.15) is 0 Å². The van der Waals surface area contributed by atoms with Gasteiger partial charge < -0.3 is 25.0 Å². The van der Waals surface area contributed by atoms with E-state index in [0.29, 0.717) is 16.9 Å². The summed E-state index contributed by atoms with van der Waals surface area (Å²) < 4.78 is 6.54. The van der Waals surface area contributed by atoms with Gasteiger partial charge in [0.25, 0.3) is 0 Å². The number of nitrogens with one attached hydrogen (secondary N) is 1. The van der Waals surface area contributed by atoms with E-state index in [1.165, 1.54) is 0 Å². The number of rotatable bonds is 5. The number of ether oxygens (including phenoxy) is 1. The Balaban J connectivity index is 1.74. The molecule has 4 N–H and O–H groups in total. The lowest BCUT2D eigenvalue weighted by Gasteiger charge is -2.32. The summed E-state index contributed by atoms with van der Waals surface area (Å²) in [5.74, 6) is 0.446. The van der Waals surface area contributed by atoms with Crippen molar-refractivity contribution in [1.29, 1.82) is 0 Å². The molecule has 0 fully saturated rings. The molecule has 3 aromatic rings. The van der Waals surface area contributed by atoms with Crippen molar-refractivity contribution < 1.29 is 24.9 Å². The number of hydrogen-bond acceptors (Lipinski definition) is 5. The van der Waals surface area contributed by atoms with Crippen molar-refractivity contribution in [2.45, 2.75) is 31.5 Å². The lowest BCUT2D eigenvalue weighted by atomic mass is 9.71. The monoisotopic (exact) mass is 459 g/mol. The van der Waals surface area contributed by atoms with Gasteiger partial charge in [0.05, 0.1) is 12.2 Å². The van der Waals surface area contributed by atoms with Crippen LogP contribution in [0.4, 0.5) is 0 Å². The summed E-state index contributed by atoms with van der Waals surface area (Å²) >= 11 is 3.48. The molecule has 6 nitrogen and oxygen atoms in total. The average molecular weight is 460 g/mol. The Morgan fingerprint density at radius 1 is 1.14 bits per heavy atom. The zero-order valence-electron chi connectivity index (χ0n) is 16.1. The molecule has 152 valence electrons. The van der Waals surface area contributed by atoms with Crippen molar-refractivity contribution in [3.63, 3.8) is 0 Å². The van der Waals surface area contributed by atoms with Crippen molar-refractivity contribution >= 4 is 32.6 Å². The molecule has 0 amide bonds. The second-order valence-electron chi connectivity index (χ2n) is 7.85. The molecular weight excluding hydrogens is 438 g/mol. The molecule has 2 aromatic carbocycles. The fraction of sp³-hybridized carbons (Fsp3) is 0.318. The number of fused-ring (bicyclic) bond motifs is 4. The minimum Gasteiger partial charge on any atom is -0.491 e. The topological polar surface area (TPSA) is 103 Å². The Hall–Kier alpha value is -2.19. The van der Waals surface area contributed by atoms with Gasteiger partial charge in [0.1, 0.15) is 24.6 Å². The summed E-state index contributed by atoms with van der Waals surface area (Å²) in [6, 6.07) is 11.1. The first-order valence-corrected chi connectivity index (χ1v) is 10.1. The van der Waals surface area contributed by atoms with E-state index < -0.39 is 24.2 Å². The second-order valence-corrected chi connectivity index (χ2v) is 8.77. The predicted octanol–water partition coefficient (Wildman–Crippen LogP) is 2.89. The van der Waals surface area contributed by atoms with Crippen molar-refractivity contribution in [2.75, 3.05) is 13.2 Å². The molecule has 2 atom stereocenters. The fourth-order valence-electron chi connectivity index (χ4n) is 3.89. The molecule has 29 heavy (non-hydrogen) atoms. The summed E-state index contributed by atoms with van der Waals surface area (Å²) in [6.07, 6.45) is -2.47. The van der Waals surface area contributed by atoms with Crippen LogP contribution in [0.5, 0.6) is 5.75 Å².